The van der Waals surface area contributed by atoms with Crippen LogP contribution in [0.1, 0.15) is 37.2 Å². The lowest BCUT2D eigenvalue weighted by molar-refractivity contribution is -0.139. The van der Waals surface area contributed by atoms with Crippen molar-refractivity contribution in [3.8, 4) is 0 Å². The molecule has 1 aromatic rings. The van der Waals surface area contributed by atoms with Gasteiger partial charge in [-0.1, -0.05) is 0 Å². The molecule has 0 atom stereocenters. The minimum absolute atomic E-state index is 0.0627. The van der Waals surface area contributed by atoms with Crippen LogP contribution in [0, 0.1) is 22.9 Å². The fourth-order valence-electron chi connectivity index (χ4n) is 3.11. The standard InChI is InChI=1S/C13H11F3O/c14-10-1-7(2-11(15)12(10)16)8-3-13(4-8)5-9(17)6-13/h1-2,8H,3-6H2. The van der Waals surface area contributed by atoms with Crippen LogP contribution >= 0.6 is 0 Å². The molecule has 0 bridgehead atoms. The van der Waals surface area contributed by atoms with Crippen molar-refractivity contribution in [2.75, 3.05) is 0 Å². The lowest BCUT2D eigenvalue weighted by Gasteiger charge is -2.53. The van der Waals surface area contributed by atoms with E-state index >= 15 is 0 Å². The van der Waals surface area contributed by atoms with E-state index in [9.17, 15) is 18.0 Å². The number of halogens is 3. The number of hydrogen-bond donors (Lipinski definition) is 0. The van der Waals surface area contributed by atoms with Crippen LogP contribution in [0.3, 0.4) is 0 Å². The van der Waals surface area contributed by atoms with Gasteiger partial charge in [-0.25, -0.2) is 13.2 Å². The topological polar surface area (TPSA) is 17.1 Å². The molecule has 0 N–H and O–H groups in total. The van der Waals surface area contributed by atoms with E-state index in [-0.39, 0.29) is 17.1 Å². The predicted molar refractivity (Wildman–Crippen MR) is 55.0 cm³/mol. The molecule has 4 heteroatoms. The van der Waals surface area contributed by atoms with Crippen LogP contribution in [0.4, 0.5) is 13.2 Å². The fourth-order valence-corrected chi connectivity index (χ4v) is 3.11. The first-order valence-corrected chi connectivity index (χ1v) is 5.65. The van der Waals surface area contributed by atoms with Crippen molar-refractivity contribution >= 4 is 5.78 Å². The third-order valence-electron chi connectivity index (χ3n) is 3.98. The summed E-state index contributed by atoms with van der Waals surface area (Å²) in [5, 5.41) is 0. The Morgan fingerprint density at radius 3 is 2.06 bits per heavy atom. The van der Waals surface area contributed by atoms with Gasteiger partial charge in [0.15, 0.2) is 17.5 Å². The molecule has 17 heavy (non-hydrogen) atoms. The third kappa shape index (κ3) is 1.58. The number of carbonyl (C=O) groups is 1. The molecule has 90 valence electrons. The average Bonchev–Trinajstić information content (AvgIpc) is 2.17. The van der Waals surface area contributed by atoms with Gasteiger partial charge in [0.05, 0.1) is 0 Å². The van der Waals surface area contributed by atoms with E-state index in [0.29, 0.717) is 18.4 Å². The number of benzene rings is 1. The van der Waals surface area contributed by atoms with Crippen molar-refractivity contribution in [1.82, 2.24) is 0 Å². The number of Topliss-reactive ketones (excluding diaryl/α,β-unsaturated/α-hetero) is 1. The summed E-state index contributed by atoms with van der Waals surface area (Å²) in [5.41, 5.74) is 0.592. The summed E-state index contributed by atoms with van der Waals surface area (Å²) in [5.74, 6) is -3.36. The zero-order chi connectivity index (χ0) is 12.2. The second kappa shape index (κ2) is 3.34. The molecule has 0 saturated heterocycles. The summed E-state index contributed by atoms with van der Waals surface area (Å²) in [4.78, 5) is 10.9. The van der Waals surface area contributed by atoms with Crippen LogP contribution in [0.15, 0.2) is 12.1 Å². The summed E-state index contributed by atoms with van der Waals surface area (Å²) >= 11 is 0. The van der Waals surface area contributed by atoms with Crippen molar-refractivity contribution in [1.29, 1.82) is 0 Å². The van der Waals surface area contributed by atoms with Gasteiger partial charge in [-0.15, -0.1) is 0 Å². The molecule has 2 aliphatic carbocycles. The van der Waals surface area contributed by atoms with Crippen molar-refractivity contribution in [2.45, 2.75) is 31.6 Å². The van der Waals surface area contributed by atoms with Gasteiger partial charge in [0.1, 0.15) is 5.78 Å². The number of rotatable bonds is 1. The smallest absolute Gasteiger partial charge is 0.194 e. The molecule has 0 aliphatic heterocycles. The second-order valence-electron chi connectivity index (χ2n) is 5.30. The van der Waals surface area contributed by atoms with Crippen molar-refractivity contribution in [3.05, 3.63) is 35.1 Å². The van der Waals surface area contributed by atoms with Crippen molar-refractivity contribution in [2.24, 2.45) is 5.41 Å². The summed E-state index contributed by atoms with van der Waals surface area (Å²) in [7, 11) is 0. The van der Waals surface area contributed by atoms with Gasteiger partial charge in [0.25, 0.3) is 0 Å². The quantitative estimate of drug-likeness (QED) is 0.688. The van der Waals surface area contributed by atoms with Crippen LogP contribution < -0.4 is 0 Å². The highest BCUT2D eigenvalue weighted by atomic mass is 19.2. The lowest BCUT2D eigenvalue weighted by Crippen LogP contribution is -2.46. The molecule has 2 aliphatic rings. The molecular weight excluding hydrogens is 229 g/mol. The predicted octanol–water partition coefficient (Wildman–Crippen LogP) is 3.33. The monoisotopic (exact) mass is 240 g/mol. The maximum absolute atomic E-state index is 13.0. The van der Waals surface area contributed by atoms with E-state index in [1.165, 1.54) is 0 Å². The highest BCUT2D eigenvalue weighted by molar-refractivity contribution is 5.86. The molecule has 1 nitrogen and oxygen atoms in total. The van der Waals surface area contributed by atoms with Crippen molar-refractivity contribution < 1.29 is 18.0 Å². The Hall–Kier alpha value is -1.32. The zero-order valence-electron chi connectivity index (χ0n) is 9.10. The summed E-state index contributed by atoms with van der Waals surface area (Å²) in [6.45, 7) is 0. The Bertz CT molecular complexity index is 470. The molecule has 0 amide bonds. The highest BCUT2D eigenvalue weighted by Crippen LogP contribution is 2.60. The van der Waals surface area contributed by atoms with Gasteiger partial charge >= 0.3 is 0 Å². The Labute approximate surface area is 96.6 Å². The normalized spacial score (nSPS) is 22.4. The van der Waals surface area contributed by atoms with E-state index in [1.54, 1.807) is 0 Å². The van der Waals surface area contributed by atoms with Crippen LogP contribution in [0.5, 0.6) is 0 Å². The SMILES string of the molecule is O=C1CC2(C1)CC(c1cc(F)c(F)c(F)c1)C2. The molecule has 2 fully saturated rings. The van der Waals surface area contributed by atoms with Gasteiger partial charge in [-0.2, -0.15) is 0 Å². The maximum Gasteiger partial charge on any atom is 0.194 e. The zero-order valence-corrected chi connectivity index (χ0v) is 9.10. The number of hydrogen-bond acceptors (Lipinski definition) is 1. The molecule has 1 aromatic carbocycles. The van der Waals surface area contributed by atoms with Crippen molar-refractivity contribution in [3.63, 3.8) is 0 Å². The molecule has 0 heterocycles. The van der Waals surface area contributed by atoms with Gasteiger partial charge in [-0.3, -0.25) is 4.79 Å². The van der Waals surface area contributed by atoms with Gasteiger partial charge in [0.2, 0.25) is 0 Å². The molecule has 0 unspecified atom stereocenters. The summed E-state index contributed by atoms with van der Waals surface area (Å²) in [6, 6.07) is 2.13. The van der Waals surface area contributed by atoms with Crippen LogP contribution in [-0.4, -0.2) is 5.78 Å². The van der Waals surface area contributed by atoms with E-state index in [2.05, 4.69) is 0 Å². The van der Waals surface area contributed by atoms with E-state index in [4.69, 9.17) is 0 Å². The Balaban J connectivity index is 1.77. The molecule has 3 rings (SSSR count). The van der Waals surface area contributed by atoms with E-state index < -0.39 is 17.5 Å². The van der Waals surface area contributed by atoms with Gasteiger partial charge in [-0.05, 0) is 41.9 Å². The first kappa shape index (κ1) is 10.8. The van der Waals surface area contributed by atoms with Gasteiger partial charge in [0, 0.05) is 12.8 Å². The second-order valence-corrected chi connectivity index (χ2v) is 5.30. The molecule has 2 saturated carbocycles. The Morgan fingerprint density at radius 2 is 1.59 bits per heavy atom. The van der Waals surface area contributed by atoms with Crippen LogP contribution in [0.25, 0.3) is 0 Å². The third-order valence-corrected chi connectivity index (χ3v) is 3.98. The number of carbonyl (C=O) groups excluding carboxylic acids is 1. The largest absolute Gasteiger partial charge is 0.300 e. The van der Waals surface area contributed by atoms with Gasteiger partial charge < -0.3 is 0 Å². The van der Waals surface area contributed by atoms with Crippen LogP contribution in [0.2, 0.25) is 0 Å². The first-order chi connectivity index (χ1) is 7.99. The maximum atomic E-state index is 13.0. The Morgan fingerprint density at radius 1 is 1.06 bits per heavy atom. The first-order valence-electron chi connectivity index (χ1n) is 5.65. The highest BCUT2D eigenvalue weighted by Gasteiger charge is 2.52. The Kier molecular flexibility index (Phi) is 2.12. The molecular formula is C13H11F3O. The minimum Gasteiger partial charge on any atom is -0.300 e. The summed E-state index contributed by atoms with van der Waals surface area (Å²) in [6.07, 6.45) is 2.75. The molecule has 0 aromatic heterocycles. The van der Waals surface area contributed by atoms with Crippen LogP contribution in [-0.2, 0) is 4.79 Å². The minimum atomic E-state index is -1.42. The fraction of sp³-hybridized carbons (Fsp3) is 0.462. The van der Waals surface area contributed by atoms with E-state index in [0.717, 1.165) is 25.0 Å². The average molecular weight is 240 g/mol. The summed E-state index contributed by atoms with van der Waals surface area (Å²) < 4.78 is 38.9. The molecule has 1 spiro atoms. The van der Waals surface area contributed by atoms with E-state index in [1.807, 2.05) is 0 Å². The lowest BCUT2D eigenvalue weighted by atomic mass is 9.50. The molecule has 0 radical (unpaired) electrons. The number of ketones is 1.